The predicted molar refractivity (Wildman–Crippen MR) is 47.9 cm³/mol. The molecule has 0 aliphatic rings. The van der Waals surface area contributed by atoms with Gasteiger partial charge in [-0.05, 0) is 0 Å². The van der Waals surface area contributed by atoms with E-state index in [0.717, 1.165) is 11.5 Å². The summed E-state index contributed by atoms with van der Waals surface area (Å²) in [6.45, 7) is 14.1. The third-order valence-electron chi connectivity index (χ3n) is 0.656. The average Bonchev–Trinajstić information content (AvgIpc) is 1.97. The largest absolute Gasteiger partial charge is 0.316 e. The molecule has 0 saturated carbocycles. The van der Waals surface area contributed by atoms with Crippen LogP contribution in [0.5, 0.6) is 0 Å². The van der Waals surface area contributed by atoms with Crippen LogP contribution < -0.4 is 0 Å². The molecule has 0 aliphatic carbocycles. The van der Waals surface area contributed by atoms with Crippen LogP contribution in [0.15, 0.2) is 0 Å². The zero-order valence-electron chi connectivity index (χ0n) is 5.54. The Morgan fingerprint density at radius 1 is 0.900 bits per heavy atom. The lowest BCUT2D eigenvalue weighted by Crippen LogP contribution is -1.81. The van der Waals surface area contributed by atoms with Gasteiger partial charge < -0.3 is 9.69 Å². The Labute approximate surface area is 69.4 Å². The van der Waals surface area contributed by atoms with Gasteiger partial charge in [-0.1, -0.05) is 21.6 Å². The Balaban J connectivity index is 2.80. The Kier molecular flexibility index (Phi) is 8.40. The van der Waals surface area contributed by atoms with E-state index in [2.05, 4.69) is 9.69 Å². The van der Waals surface area contributed by atoms with Crippen molar-refractivity contribution < 1.29 is 0 Å². The lowest BCUT2D eigenvalue weighted by molar-refractivity contribution is 1.37. The molecule has 0 bridgehead atoms. The normalized spacial score (nSPS) is 8.20. The van der Waals surface area contributed by atoms with Crippen LogP contribution >= 0.6 is 21.6 Å². The summed E-state index contributed by atoms with van der Waals surface area (Å²) in [7, 11) is 3.35. The molecule has 0 N–H and O–H groups in total. The van der Waals surface area contributed by atoms with E-state index in [1.807, 2.05) is 0 Å². The lowest BCUT2D eigenvalue weighted by atomic mass is 10.8. The Morgan fingerprint density at radius 3 is 1.60 bits per heavy atom. The van der Waals surface area contributed by atoms with Crippen molar-refractivity contribution in [2.24, 2.45) is 0 Å². The van der Waals surface area contributed by atoms with Crippen molar-refractivity contribution in [3.63, 3.8) is 0 Å². The first kappa shape index (κ1) is 9.68. The van der Waals surface area contributed by atoms with E-state index in [9.17, 15) is 0 Å². The van der Waals surface area contributed by atoms with Crippen LogP contribution in [-0.2, 0) is 0 Å². The van der Waals surface area contributed by atoms with E-state index < -0.39 is 0 Å². The van der Waals surface area contributed by atoms with Gasteiger partial charge in [-0.2, -0.15) is 0 Å². The van der Waals surface area contributed by atoms with Gasteiger partial charge in [0.05, 0.1) is 11.5 Å². The van der Waals surface area contributed by atoms with Crippen molar-refractivity contribution in [1.29, 1.82) is 0 Å². The summed E-state index contributed by atoms with van der Waals surface area (Å²) in [6.07, 6.45) is 0. The van der Waals surface area contributed by atoms with Crippen LogP contribution in [0.1, 0.15) is 0 Å². The van der Waals surface area contributed by atoms with Crippen molar-refractivity contribution in [2.75, 3.05) is 24.6 Å². The minimum Gasteiger partial charge on any atom is -0.316 e. The summed E-state index contributed by atoms with van der Waals surface area (Å²) in [6, 6.07) is 0. The van der Waals surface area contributed by atoms with Crippen LogP contribution in [0.2, 0.25) is 0 Å². The van der Waals surface area contributed by atoms with Crippen molar-refractivity contribution in [3.8, 4) is 0 Å². The predicted octanol–water partition coefficient (Wildman–Crippen LogP) is 2.21. The van der Waals surface area contributed by atoms with Crippen LogP contribution in [0.25, 0.3) is 9.69 Å². The summed E-state index contributed by atoms with van der Waals surface area (Å²) in [4.78, 5) is 6.42. The third kappa shape index (κ3) is 7.68. The molecule has 0 radical (unpaired) electrons. The number of rotatable bonds is 5. The Hall–Kier alpha value is -0.320. The molecule has 0 aromatic heterocycles. The van der Waals surface area contributed by atoms with Gasteiger partial charge in [-0.3, -0.25) is 0 Å². The second-order valence-electron chi connectivity index (χ2n) is 1.41. The van der Waals surface area contributed by atoms with Crippen LogP contribution in [0.4, 0.5) is 0 Å². The fourth-order valence-electron chi connectivity index (χ4n) is 0.284. The minimum atomic E-state index is 0.593. The zero-order valence-corrected chi connectivity index (χ0v) is 7.17. The van der Waals surface area contributed by atoms with E-state index in [4.69, 9.17) is 13.1 Å². The number of nitrogens with zero attached hydrogens (tertiary/aromatic N) is 2. The molecule has 10 heavy (non-hydrogen) atoms. The second-order valence-corrected chi connectivity index (χ2v) is 4.11. The number of hydrogen-bond donors (Lipinski definition) is 0. The van der Waals surface area contributed by atoms with Crippen molar-refractivity contribution in [3.05, 3.63) is 22.8 Å². The molecule has 54 valence electrons. The van der Waals surface area contributed by atoms with Gasteiger partial charge in [0.2, 0.25) is 13.1 Å². The quantitative estimate of drug-likeness (QED) is 0.357. The molecule has 2 nitrogen and oxygen atoms in total. The summed E-state index contributed by atoms with van der Waals surface area (Å²) < 4.78 is 0. The molecule has 0 spiro atoms. The summed E-state index contributed by atoms with van der Waals surface area (Å²) in [5.41, 5.74) is 0. The molecule has 4 heteroatoms. The molecule has 0 rings (SSSR count). The molecule has 0 aromatic rings. The van der Waals surface area contributed by atoms with Gasteiger partial charge in [-0.25, -0.2) is 13.1 Å². The SMILES string of the molecule is [C-]#[N+]CCSSCC[N+]#[C-]. The van der Waals surface area contributed by atoms with Crippen LogP contribution in [0.3, 0.4) is 0 Å². The van der Waals surface area contributed by atoms with Crippen molar-refractivity contribution >= 4 is 21.6 Å². The molecule has 0 heterocycles. The monoisotopic (exact) mass is 172 g/mol. The highest BCUT2D eigenvalue weighted by molar-refractivity contribution is 8.76. The summed E-state index contributed by atoms with van der Waals surface area (Å²) >= 11 is 0. The third-order valence-corrected chi connectivity index (χ3v) is 3.02. The maximum Gasteiger partial charge on any atom is 0.224 e. The van der Waals surface area contributed by atoms with Gasteiger partial charge in [-0.15, -0.1) is 0 Å². The molecular weight excluding hydrogens is 164 g/mol. The van der Waals surface area contributed by atoms with Crippen LogP contribution in [0, 0.1) is 13.1 Å². The number of hydrogen-bond acceptors (Lipinski definition) is 2. The van der Waals surface area contributed by atoms with Crippen molar-refractivity contribution in [1.82, 2.24) is 0 Å². The molecular formula is C6H8N2S2. The Morgan fingerprint density at radius 2 is 1.30 bits per heavy atom. The van der Waals surface area contributed by atoms with Gasteiger partial charge in [0.15, 0.2) is 0 Å². The maximum absolute atomic E-state index is 6.47. The maximum atomic E-state index is 6.47. The molecule has 0 unspecified atom stereocenters. The van der Waals surface area contributed by atoms with E-state index in [1.54, 1.807) is 21.6 Å². The summed E-state index contributed by atoms with van der Waals surface area (Å²) in [5, 5.41) is 0. The van der Waals surface area contributed by atoms with Gasteiger partial charge in [0.25, 0.3) is 0 Å². The standard InChI is InChI=1S/C6H8N2S2/c1-7-3-5-9-10-6-4-8-2/h3-6H2. The smallest absolute Gasteiger partial charge is 0.224 e. The van der Waals surface area contributed by atoms with Gasteiger partial charge in [0, 0.05) is 0 Å². The highest BCUT2D eigenvalue weighted by atomic mass is 33.1. The molecule has 0 amide bonds. The molecule has 0 atom stereocenters. The van der Waals surface area contributed by atoms with Gasteiger partial charge >= 0.3 is 0 Å². The first-order valence-corrected chi connectivity index (χ1v) is 5.31. The van der Waals surface area contributed by atoms with E-state index in [0.29, 0.717) is 13.1 Å². The van der Waals surface area contributed by atoms with E-state index in [-0.39, 0.29) is 0 Å². The van der Waals surface area contributed by atoms with E-state index >= 15 is 0 Å². The first-order chi connectivity index (χ1) is 4.91. The fraction of sp³-hybridized carbons (Fsp3) is 0.667. The highest BCUT2D eigenvalue weighted by Crippen LogP contribution is 2.19. The van der Waals surface area contributed by atoms with Crippen LogP contribution in [-0.4, -0.2) is 24.6 Å². The topological polar surface area (TPSA) is 8.72 Å². The minimum absolute atomic E-state index is 0.593. The average molecular weight is 172 g/mol. The van der Waals surface area contributed by atoms with Gasteiger partial charge in [0.1, 0.15) is 0 Å². The lowest BCUT2D eigenvalue weighted by Gasteiger charge is -1.89. The second kappa shape index (κ2) is 8.68. The first-order valence-electron chi connectivity index (χ1n) is 2.82. The summed E-state index contributed by atoms with van der Waals surface area (Å²) in [5.74, 6) is 1.76. The molecule has 0 aromatic carbocycles. The fourth-order valence-corrected chi connectivity index (χ4v) is 2.01. The Bertz CT molecular complexity index is 127. The molecule has 0 aliphatic heterocycles. The van der Waals surface area contributed by atoms with E-state index in [1.165, 1.54) is 0 Å². The van der Waals surface area contributed by atoms with Crippen molar-refractivity contribution in [2.45, 2.75) is 0 Å². The molecule has 0 fully saturated rings. The zero-order chi connectivity index (χ0) is 7.66. The highest BCUT2D eigenvalue weighted by Gasteiger charge is 1.92. The molecule has 0 saturated heterocycles.